The Bertz CT molecular complexity index is 781. The summed E-state index contributed by atoms with van der Waals surface area (Å²) >= 11 is 7.22. The molecule has 0 fully saturated rings. The molecule has 2 amide bonds. The number of thiophene rings is 1. The Balaban J connectivity index is 1.62. The SMILES string of the molecule is CN(Cc1ccc(Cl)s1)C(=O)COC(=O)CNC(=O)COc1ccccc1. The minimum Gasteiger partial charge on any atom is -0.484 e. The van der Waals surface area contributed by atoms with Gasteiger partial charge in [0.2, 0.25) is 0 Å². The van der Waals surface area contributed by atoms with Crippen molar-refractivity contribution in [3.05, 3.63) is 51.7 Å². The van der Waals surface area contributed by atoms with E-state index in [1.165, 1.54) is 16.2 Å². The van der Waals surface area contributed by atoms with Crippen LogP contribution in [0.3, 0.4) is 0 Å². The van der Waals surface area contributed by atoms with Crippen LogP contribution in [0, 0.1) is 0 Å². The van der Waals surface area contributed by atoms with Crippen LogP contribution in [0.15, 0.2) is 42.5 Å². The average molecular weight is 411 g/mol. The Morgan fingerprint density at radius 1 is 1.11 bits per heavy atom. The van der Waals surface area contributed by atoms with E-state index in [0.717, 1.165) is 4.88 Å². The molecule has 27 heavy (non-hydrogen) atoms. The van der Waals surface area contributed by atoms with E-state index in [0.29, 0.717) is 16.6 Å². The van der Waals surface area contributed by atoms with Crippen LogP contribution in [0.5, 0.6) is 5.75 Å². The first-order chi connectivity index (χ1) is 12.9. The number of ether oxygens (including phenoxy) is 2. The van der Waals surface area contributed by atoms with E-state index in [2.05, 4.69) is 5.32 Å². The molecular weight excluding hydrogens is 392 g/mol. The molecule has 0 saturated carbocycles. The third-order valence-corrected chi connectivity index (χ3v) is 4.56. The maximum Gasteiger partial charge on any atom is 0.325 e. The second-order valence-corrected chi connectivity index (χ2v) is 7.29. The third kappa shape index (κ3) is 7.67. The van der Waals surface area contributed by atoms with Gasteiger partial charge in [0.05, 0.1) is 10.9 Å². The molecule has 2 rings (SSSR count). The van der Waals surface area contributed by atoms with Crippen LogP contribution < -0.4 is 10.1 Å². The molecule has 0 saturated heterocycles. The summed E-state index contributed by atoms with van der Waals surface area (Å²) in [6, 6.07) is 12.4. The molecular formula is C18H19ClN2O5S. The van der Waals surface area contributed by atoms with Crippen LogP contribution in [-0.2, 0) is 25.7 Å². The minimum absolute atomic E-state index is 0.220. The molecule has 1 N–H and O–H groups in total. The Labute approximate surface area is 165 Å². The number of para-hydroxylation sites is 1. The fourth-order valence-corrected chi connectivity index (χ4v) is 3.09. The first-order valence-electron chi connectivity index (χ1n) is 8.02. The Morgan fingerprint density at radius 2 is 1.85 bits per heavy atom. The number of halogens is 1. The number of esters is 1. The minimum atomic E-state index is -0.705. The molecule has 1 aromatic heterocycles. The second kappa shape index (κ2) is 10.5. The van der Waals surface area contributed by atoms with Crippen molar-refractivity contribution in [2.45, 2.75) is 6.54 Å². The monoisotopic (exact) mass is 410 g/mol. The van der Waals surface area contributed by atoms with E-state index in [1.54, 1.807) is 37.4 Å². The van der Waals surface area contributed by atoms with Crippen molar-refractivity contribution >= 4 is 40.7 Å². The molecule has 0 spiro atoms. The molecule has 0 aliphatic carbocycles. The average Bonchev–Trinajstić information content (AvgIpc) is 3.08. The van der Waals surface area contributed by atoms with E-state index < -0.39 is 18.5 Å². The normalized spacial score (nSPS) is 10.1. The van der Waals surface area contributed by atoms with Crippen LogP contribution in [-0.4, -0.2) is 49.5 Å². The highest BCUT2D eigenvalue weighted by molar-refractivity contribution is 7.16. The van der Waals surface area contributed by atoms with Gasteiger partial charge in [-0.05, 0) is 24.3 Å². The summed E-state index contributed by atoms with van der Waals surface area (Å²) in [5.41, 5.74) is 0. The molecule has 1 aromatic carbocycles. The van der Waals surface area contributed by atoms with Crippen molar-refractivity contribution < 1.29 is 23.9 Å². The van der Waals surface area contributed by atoms with Crippen LogP contribution in [0.4, 0.5) is 0 Å². The van der Waals surface area contributed by atoms with E-state index in [4.69, 9.17) is 21.1 Å². The quantitative estimate of drug-likeness (QED) is 0.640. The van der Waals surface area contributed by atoms with Crippen molar-refractivity contribution in [2.24, 2.45) is 0 Å². The zero-order valence-corrected chi connectivity index (χ0v) is 16.2. The number of hydrogen-bond donors (Lipinski definition) is 1. The standard InChI is InChI=1S/C18H19ClN2O5S/c1-21(10-14-7-8-15(19)27-14)17(23)12-26-18(24)9-20-16(22)11-25-13-5-3-2-4-6-13/h2-8H,9-12H2,1H3,(H,20,22). The van der Waals surface area contributed by atoms with Crippen LogP contribution in [0.2, 0.25) is 4.34 Å². The number of hydrogen-bond acceptors (Lipinski definition) is 6. The van der Waals surface area contributed by atoms with Gasteiger partial charge >= 0.3 is 5.97 Å². The van der Waals surface area contributed by atoms with Gasteiger partial charge in [0.15, 0.2) is 13.2 Å². The van der Waals surface area contributed by atoms with E-state index >= 15 is 0 Å². The largest absolute Gasteiger partial charge is 0.484 e. The zero-order valence-electron chi connectivity index (χ0n) is 14.6. The topological polar surface area (TPSA) is 84.9 Å². The van der Waals surface area contributed by atoms with E-state index in [1.807, 2.05) is 12.1 Å². The lowest BCUT2D eigenvalue weighted by Crippen LogP contribution is -2.36. The lowest BCUT2D eigenvalue weighted by molar-refractivity contribution is -0.151. The van der Waals surface area contributed by atoms with Gasteiger partial charge in [-0.2, -0.15) is 0 Å². The van der Waals surface area contributed by atoms with Gasteiger partial charge in [0.1, 0.15) is 12.3 Å². The van der Waals surface area contributed by atoms with Gasteiger partial charge in [-0.25, -0.2) is 0 Å². The fourth-order valence-electron chi connectivity index (χ4n) is 1.95. The number of carbonyl (C=O) groups is 3. The summed E-state index contributed by atoms with van der Waals surface area (Å²) in [5.74, 6) is -0.972. The smallest absolute Gasteiger partial charge is 0.325 e. The van der Waals surface area contributed by atoms with Crippen LogP contribution in [0.1, 0.15) is 4.88 Å². The van der Waals surface area contributed by atoms with Gasteiger partial charge in [-0.15, -0.1) is 11.3 Å². The van der Waals surface area contributed by atoms with Crippen molar-refractivity contribution in [2.75, 3.05) is 26.8 Å². The third-order valence-electron chi connectivity index (χ3n) is 3.35. The predicted octanol–water partition coefficient (Wildman–Crippen LogP) is 2.10. The maximum atomic E-state index is 12.0. The lowest BCUT2D eigenvalue weighted by Gasteiger charge is -2.16. The van der Waals surface area contributed by atoms with Gasteiger partial charge < -0.3 is 19.7 Å². The predicted molar refractivity (Wildman–Crippen MR) is 102 cm³/mol. The first-order valence-corrected chi connectivity index (χ1v) is 9.22. The van der Waals surface area contributed by atoms with E-state index in [-0.39, 0.29) is 19.1 Å². The highest BCUT2D eigenvalue weighted by Gasteiger charge is 2.14. The van der Waals surface area contributed by atoms with Crippen molar-refractivity contribution in [1.82, 2.24) is 10.2 Å². The Kier molecular flexibility index (Phi) is 8.09. The number of rotatable bonds is 9. The molecule has 0 aliphatic heterocycles. The highest BCUT2D eigenvalue weighted by atomic mass is 35.5. The first kappa shape index (κ1) is 20.7. The summed E-state index contributed by atoms with van der Waals surface area (Å²) in [6.07, 6.45) is 0. The summed E-state index contributed by atoms with van der Waals surface area (Å²) in [7, 11) is 1.60. The highest BCUT2D eigenvalue weighted by Crippen LogP contribution is 2.22. The number of likely N-dealkylation sites (N-methyl/N-ethyl adjacent to an activating group) is 1. The molecule has 0 unspecified atom stereocenters. The molecule has 7 nitrogen and oxygen atoms in total. The van der Waals surface area contributed by atoms with E-state index in [9.17, 15) is 14.4 Å². The summed E-state index contributed by atoms with van der Waals surface area (Å²) < 4.78 is 10.8. The molecule has 9 heteroatoms. The van der Waals surface area contributed by atoms with Crippen molar-refractivity contribution in [1.29, 1.82) is 0 Å². The summed E-state index contributed by atoms with van der Waals surface area (Å²) in [4.78, 5) is 37.6. The summed E-state index contributed by atoms with van der Waals surface area (Å²) in [5, 5.41) is 2.37. The molecule has 0 aliphatic rings. The van der Waals surface area contributed by atoms with Crippen LogP contribution in [0.25, 0.3) is 0 Å². The number of nitrogens with zero attached hydrogens (tertiary/aromatic N) is 1. The van der Waals surface area contributed by atoms with Gasteiger partial charge in [0, 0.05) is 11.9 Å². The van der Waals surface area contributed by atoms with Gasteiger partial charge in [-0.3, -0.25) is 14.4 Å². The Hall–Kier alpha value is -2.58. The maximum absolute atomic E-state index is 12.0. The zero-order chi connectivity index (χ0) is 19.6. The molecule has 0 bridgehead atoms. The molecule has 0 radical (unpaired) electrons. The number of nitrogens with one attached hydrogen (secondary N) is 1. The molecule has 1 heterocycles. The van der Waals surface area contributed by atoms with Gasteiger partial charge in [-0.1, -0.05) is 29.8 Å². The number of carbonyl (C=O) groups excluding carboxylic acids is 3. The molecule has 2 aromatic rings. The molecule has 0 atom stereocenters. The van der Waals surface area contributed by atoms with Gasteiger partial charge in [0.25, 0.3) is 11.8 Å². The van der Waals surface area contributed by atoms with Crippen molar-refractivity contribution in [3.63, 3.8) is 0 Å². The summed E-state index contributed by atoms with van der Waals surface area (Å²) in [6.45, 7) is -0.580. The second-order valence-electron chi connectivity index (χ2n) is 5.49. The number of amides is 2. The van der Waals surface area contributed by atoms with Crippen molar-refractivity contribution in [3.8, 4) is 5.75 Å². The number of benzene rings is 1. The molecule has 144 valence electrons. The lowest BCUT2D eigenvalue weighted by atomic mass is 10.3. The Morgan fingerprint density at radius 3 is 2.52 bits per heavy atom. The van der Waals surface area contributed by atoms with Crippen LogP contribution >= 0.6 is 22.9 Å². The fraction of sp³-hybridized carbons (Fsp3) is 0.278.